The van der Waals surface area contributed by atoms with Gasteiger partial charge in [0.25, 0.3) is 0 Å². The molecule has 1 fully saturated rings. The van der Waals surface area contributed by atoms with E-state index >= 15 is 0 Å². The highest BCUT2D eigenvalue weighted by Gasteiger charge is 2.28. The van der Waals surface area contributed by atoms with Gasteiger partial charge in [-0.3, -0.25) is 4.98 Å². The fourth-order valence-electron chi connectivity index (χ4n) is 2.60. The van der Waals surface area contributed by atoms with Crippen molar-refractivity contribution in [3.8, 4) is 11.4 Å². The van der Waals surface area contributed by atoms with E-state index in [-0.39, 0.29) is 0 Å². The molecule has 4 heteroatoms. The van der Waals surface area contributed by atoms with Gasteiger partial charge < -0.3 is 4.57 Å². The van der Waals surface area contributed by atoms with Crippen molar-refractivity contribution in [2.24, 2.45) is 0 Å². The Labute approximate surface area is 122 Å². The minimum Gasteiger partial charge on any atom is -0.321 e. The number of hydrogen-bond donors (Lipinski definition) is 0. The van der Waals surface area contributed by atoms with Crippen molar-refractivity contribution in [3.63, 3.8) is 0 Å². The molecule has 0 radical (unpaired) electrons. The number of aromatic nitrogens is 3. The maximum Gasteiger partial charge on any atom is 0.141 e. The highest BCUT2D eigenvalue weighted by molar-refractivity contribution is 6.17. The lowest BCUT2D eigenvalue weighted by atomic mass is 10.1. The number of halogens is 1. The molecule has 0 unspecified atom stereocenters. The number of benzene rings is 1. The zero-order valence-electron chi connectivity index (χ0n) is 11.0. The largest absolute Gasteiger partial charge is 0.321 e. The molecule has 1 aliphatic carbocycles. The number of imidazole rings is 1. The van der Waals surface area contributed by atoms with Gasteiger partial charge in [0.05, 0.1) is 11.7 Å². The summed E-state index contributed by atoms with van der Waals surface area (Å²) < 4.78 is 2.35. The van der Waals surface area contributed by atoms with Gasteiger partial charge in [-0.05, 0) is 24.5 Å². The second kappa shape index (κ2) is 4.60. The Kier molecular flexibility index (Phi) is 2.74. The summed E-state index contributed by atoms with van der Waals surface area (Å²) in [7, 11) is 0. The van der Waals surface area contributed by atoms with Crippen LogP contribution in [0.3, 0.4) is 0 Å². The van der Waals surface area contributed by atoms with Crippen LogP contribution in [-0.4, -0.2) is 14.5 Å². The first kappa shape index (κ1) is 11.9. The van der Waals surface area contributed by atoms with Gasteiger partial charge in [-0.25, -0.2) is 4.98 Å². The number of hydrogen-bond acceptors (Lipinski definition) is 2. The van der Waals surface area contributed by atoms with Gasteiger partial charge in [-0.15, -0.1) is 11.6 Å². The molecule has 0 amide bonds. The molecule has 0 N–H and O–H groups in total. The van der Waals surface area contributed by atoms with Crippen molar-refractivity contribution in [2.45, 2.75) is 24.8 Å². The Morgan fingerprint density at radius 3 is 2.65 bits per heavy atom. The van der Waals surface area contributed by atoms with Crippen molar-refractivity contribution in [2.75, 3.05) is 0 Å². The molecule has 2 aromatic heterocycles. The molecule has 0 aliphatic heterocycles. The zero-order valence-corrected chi connectivity index (χ0v) is 11.7. The first-order chi connectivity index (χ1) is 9.86. The van der Waals surface area contributed by atoms with Gasteiger partial charge in [0.2, 0.25) is 0 Å². The van der Waals surface area contributed by atoms with Gasteiger partial charge in [-0.1, -0.05) is 24.3 Å². The normalized spacial score (nSPS) is 14.8. The van der Waals surface area contributed by atoms with E-state index < -0.39 is 0 Å². The van der Waals surface area contributed by atoms with Gasteiger partial charge in [0.1, 0.15) is 11.3 Å². The van der Waals surface area contributed by atoms with Crippen molar-refractivity contribution in [3.05, 3.63) is 48.3 Å². The van der Waals surface area contributed by atoms with Crippen LogP contribution in [0.5, 0.6) is 0 Å². The molecule has 0 bridgehead atoms. The highest BCUT2D eigenvalue weighted by atomic mass is 35.5. The first-order valence-electron chi connectivity index (χ1n) is 6.84. The SMILES string of the molecule is ClCc1ccc(-c2nc3cnccc3n2C2CC2)cc1. The third kappa shape index (κ3) is 1.90. The lowest BCUT2D eigenvalue weighted by Crippen LogP contribution is -1.97. The molecule has 3 nitrogen and oxygen atoms in total. The molecule has 0 spiro atoms. The van der Waals surface area contributed by atoms with Gasteiger partial charge in [-0.2, -0.15) is 0 Å². The number of pyridine rings is 1. The van der Waals surface area contributed by atoms with E-state index in [1.165, 1.54) is 18.4 Å². The number of alkyl halides is 1. The second-order valence-corrected chi connectivity index (χ2v) is 5.50. The number of rotatable bonds is 3. The topological polar surface area (TPSA) is 30.7 Å². The van der Waals surface area contributed by atoms with Crippen LogP contribution in [0.25, 0.3) is 22.4 Å². The molecule has 0 saturated heterocycles. The maximum absolute atomic E-state index is 5.85. The Morgan fingerprint density at radius 1 is 1.15 bits per heavy atom. The third-order valence-electron chi connectivity index (χ3n) is 3.77. The lowest BCUT2D eigenvalue weighted by molar-refractivity contribution is 0.775. The molecule has 4 rings (SSSR count). The summed E-state index contributed by atoms with van der Waals surface area (Å²) in [5.41, 5.74) is 4.42. The van der Waals surface area contributed by atoms with Crippen LogP contribution in [0.15, 0.2) is 42.7 Å². The summed E-state index contributed by atoms with van der Waals surface area (Å²) in [6.45, 7) is 0. The smallest absolute Gasteiger partial charge is 0.141 e. The molecular formula is C16H14ClN3. The molecule has 2 heterocycles. The minimum atomic E-state index is 0.545. The second-order valence-electron chi connectivity index (χ2n) is 5.23. The van der Waals surface area contributed by atoms with Crippen LogP contribution < -0.4 is 0 Å². The van der Waals surface area contributed by atoms with Crippen LogP contribution in [0, 0.1) is 0 Å². The summed E-state index contributed by atoms with van der Waals surface area (Å²) in [4.78, 5) is 8.94. The first-order valence-corrected chi connectivity index (χ1v) is 7.37. The van der Waals surface area contributed by atoms with Crippen LogP contribution in [0.2, 0.25) is 0 Å². The predicted octanol–water partition coefficient (Wildman–Crippen LogP) is 4.17. The van der Waals surface area contributed by atoms with E-state index in [0.29, 0.717) is 11.9 Å². The summed E-state index contributed by atoms with van der Waals surface area (Å²) in [5, 5.41) is 0. The zero-order chi connectivity index (χ0) is 13.5. The van der Waals surface area contributed by atoms with Gasteiger partial charge in [0.15, 0.2) is 0 Å². The van der Waals surface area contributed by atoms with E-state index in [0.717, 1.165) is 22.5 Å². The number of nitrogens with zero attached hydrogens (tertiary/aromatic N) is 3. The Bertz CT molecular complexity index is 757. The van der Waals surface area contributed by atoms with Crippen molar-refractivity contribution in [1.82, 2.24) is 14.5 Å². The third-order valence-corrected chi connectivity index (χ3v) is 4.08. The van der Waals surface area contributed by atoms with E-state index in [1.54, 1.807) is 0 Å². The average molecular weight is 284 g/mol. The van der Waals surface area contributed by atoms with Crippen LogP contribution in [0.4, 0.5) is 0 Å². The Morgan fingerprint density at radius 2 is 1.95 bits per heavy atom. The van der Waals surface area contributed by atoms with Gasteiger partial charge in [0, 0.05) is 23.7 Å². The van der Waals surface area contributed by atoms with Crippen molar-refractivity contribution < 1.29 is 0 Å². The average Bonchev–Trinajstić information content (AvgIpc) is 3.27. The highest BCUT2D eigenvalue weighted by Crippen LogP contribution is 2.41. The molecule has 0 atom stereocenters. The Hall–Kier alpha value is -1.87. The number of fused-ring (bicyclic) bond motifs is 1. The molecule has 1 saturated carbocycles. The summed E-state index contributed by atoms with van der Waals surface area (Å²) in [5.74, 6) is 1.58. The minimum absolute atomic E-state index is 0.545. The molecule has 1 aliphatic rings. The summed E-state index contributed by atoms with van der Waals surface area (Å²) in [6, 6.07) is 11.0. The van der Waals surface area contributed by atoms with E-state index in [9.17, 15) is 0 Å². The molecule has 100 valence electrons. The molecule has 3 aromatic rings. The summed E-state index contributed by atoms with van der Waals surface area (Å²) >= 11 is 5.85. The lowest BCUT2D eigenvalue weighted by Gasteiger charge is -2.08. The Balaban J connectivity index is 1.91. The quantitative estimate of drug-likeness (QED) is 0.675. The van der Waals surface area contributed by atoms with E-state index in [1.807, 2.05) is 12.4 Å². The standard InChI is InChI=1S/C16H14ClN3/c17-9-11-1-3-12(4-2-11)16-19-14-10-18-8-7-15(14)20(16)13-5-6-13/h1-4,7-8,10,13H,5-6,9H2. The molecular weight excluding hydrogens is 270 g/mol. The van der Waals surface area contributed by atoms with E-state index in [4.69, 9.17) is 16.6 Å². The van der Waals surface area contributed by atoms with E-state index in [2.05, 4.69) is 39.9 Å². The molecule has 1 aromatic carbocycles. The van der Waals surface area contributed by atoms with Crippen LogP contribution in [-0.2, 0) is 5.88 Å². The fourth-order valence-corrected chi connectivity index (χ4v) is 2.78. The predicted molar refractivity (Wildman–Crippen MR) is 80.8 cm³/mol. The van der Waals surface area contributed by atoms with Crippen molar-refractivity contribution >= 4 is 22.6 Å². The fraction of sp³-hybridized carbons (Fsp3) is 0.250. The van der Waals surface area contributed by atoms with Gasteiger partial charge >= 0.3 is 0 Å². The van der Waals surface area contributed by atoms with Crippen LogP contribution in [0.1, 0.15) is 24.4 Å². The molecule has 20 heavy (non-hydrogen) atoms. The maximum atomic E-state index is 5.85. The summed E-state index contributed by atoms with van der Waals surface area (Å²) in [6.07, 6.45) is 6.15. The van der Waals surface area contributed by atoms with Crippen molar-refractivity contribution in [1.29, 1.82) is 0 Å². The monoisotopic (exact) mass is 283 g/mol. The van der Waals surface area contributed by atoms with Crippen LogP contribution >= 0.6 is 11.6 Å².